The van der Waals surface area contributed by atoms with Crippen LogP contribution in [0.25, 0.3) is 0 Å². The SMILES string of the molecule is OC(CNCc1cccnc1)c1ccc2c(c1)CCC2. The van der Waals surface area contributed by atoms with Crippen LogP contribution in [-0.4, -0.2) is 16.6 Å². The summed E-state index contributed by atoms with van der Waals surface area (Å²) in [6, 6.07) is 10.3. The van der Waals surface area contributed by atoms with Gasteiger partial charge in [0, 0.05) is 25.5 Å². The van der Waals surface area contributed by atoms with E-state index in [1.165, 1.54) is 24.0 Å². The smallest absolute Gasteiger partial charge is 0.0914 e. The van der Waals surface area contributed by atoms with Gasteiger partial charge in [-0.25, -0.2) is 0 Å². The van der Waals surface area contributed by atoms with Gasteiger partial charge in [0.1, 0.15) is 0 Å². The van der Waals surface area contributed by atoms with Crippen LogP contribution in [0.5, 0.6) is 0 Å². The highest BCUT2D eigenvalue weighted by atomic mass is 16.3. The van der Waals surface area contributed by atoms with Crippen molar-refractivity contribution >= 4 is 0 Å². The Morgan fingerprint density at radius 3 is 2.95 bits per heavy atom. The van der Waals surface area contributed by atoms with E-state index in [0.29, 0.717) is 6.54 Å². The highest BCUT2D eigenvalue weighted by Gasteiger charge is 2.14. The third-order valence-corrected chi connectivity index (χ3v) is 3.90. The Kier molecular flexibility index (Phi) is 4.09. The summed E-state index contributed by atoms with van der Waals surface area (Å²) in [5.74, 6) is 0. The molecule has 20 heavy (non-hydrogen) atoms. The number of hydrogen-bond acceptors (Lipinski definition) is 3. The highest BCUT2D eigenvalue weighted by molar-refractivity contribution is 5.36. The van der Waals surface area contributed by atoms with E-state index in [0.717, 1.165) is 24.1 Å². The van der Waals surface area contributed by atoms with E-state index in [-0.39, 0.29) is 0 Å². The molecule has 0 bridgehead atoms. The fourth-order valence-electron chi connectivity index (χ4n) is 2.77. The number of hydrogen-bond donors (Lipinski definition) is 2. The zero-order valence-corrected chi connectivity index (χ0v) is 11.5. The summed E-state index contributed by atoms with van der Waals surface area (Å²) in [5, 5.41) is 13.5. The van der Waals surface area contributed by atoms with Crippen molar-refractivity contribution in [1.82, 2.24) is 10.3 Å². The number of aromatic nitrogens is 1. The first-order valence-corrected chi connectivity index (χ1v) is 7.22. The van der Waals surface area contributed by atoms with Crippen molar-refractivity contribution in [1.29, 1.82) is 0 Å². The summed E-state index contributed by atoms with van der Waals surface area (Å²) in [4.78, 5) is 4.08. The van der Waals surface area contributed by atoms with Crippen LogP contribution in [0.3, 0.4) is 0 Å². The van der Waals surface area contributed by atoms with Crippen LogP contribution < -0.4 is 5.32 Å². The van der Waals surface area contributed by atoms with Crippen molar-refractivity contribution in [3.63, 3.8) is 0 Å². The molecule has 1 atom stereocenters. The second kappa shape index (κ2) is 6.16. The molecule has 2 N–H and O–H groups in total. The van der Waals surface area contributed by atoms with Crippen molar-refractivity contribution in [3.05, 3.63) is 65.0 Å². The molecule has 1 aromatic heterocycles. The Bertz CT molecular complexity index is 568. The van der Waals surface area contributed by atoms with E-state index in [1.807, 2.05) is 18.3 Å². The van der Waals surface area contributed by atoms with Crippen molar-refractivity contribution in [3.8, 4) is 0 Å². The average Bonchev–Trinajstić information content (AvgIpc) is 2.95. The standard InChI is InChI=1S/C17H20N2O/c20-17(12-19-11-13-3-2-8-18-10-13)16-7-6-14-4-1-5-15(14)9-16/h2-3,6-10,17,19-20H,1,4-5,11-12H2. The molecular formula is C17H20N2O. The van der Waals surface area contributed by atoms with E-state index >= 15 is 0 Å². The lowest BCUT2D eigenvalue weighted by molar-refractivity contribution is 0.174. The van der Waals surface area contributed by atoms with Crippen LogP contribution in [0.1, 0.15) is 34.8 Å². The lowest BCUT2D eigenvalue weighted by Gasteiger charge is -2.13. The zero-order chi connectivity index (χ0) is 13.8. The van der Waals surface area contributed by atoms with Gasteiger partial charge < -0.3 is 10.4 Å². The predicted molar refractivity (Wildman–Crippen MR) is 79.4 cm³/mol. The molecule has 0 radical (unpaired) electrons. The lowest BCUT2D eigenvalue weighted by Crippen LogP contribution is -2.21. The molecule has 3 heteroatoms. The summed E-state index contributed by atoms with van der Waals surface area (Å²) in [6.07, 6.45) is 6.74. The second-order valence-electron chi connectivity index (χ2n) is 5.39. The molecule has 3 rings (SSSR count). The van der Waals surface area contributed by atoms with Gasteiger partial charge in [-0.3, -0.25) is 4.98 Å². The molecule has 1 aliphatic carbocycles. The van der Waals surface area contributed by atoms with E-state index in [4.69, 9.17) is 0 Å². The molecule has 0 saturated heterocycles. The van der Waals surface area contributed by atoms with Crippen LogP contribution in [0.15, 0.2) is 42.7 Å². The Hall–Kier alpha value is -1.71. The second-order valence-corrected chi connectivity index (χ2v) is 5.39. The number of benzene rings is 1. The largest absolute Gasteiger partial charge is 0.387 e. The molecule has 0 spiro atoms. The molecule has 1 aromatic carbocycles. The number of pyridine rings is 1. The maximum Gasteiger partial charge on any atom is 0.0914 e. The van der Waals surface area contributed by atoms with Gasteiger partial charge in [-0.15, -0.1) is 0 Å². The van der Waals surface area contributed by atoms with Crippen molar-refractivity contribution in [2.45, 2.75) is 31.9 Å². The number of aliphatic hydroxyl groups is 1. The minimum Gasteiger partial charge on any atom is -0.387 e. The first-order chi connectivity index (χ1) is 9.83. The average molecular weight is 268 g/mol. The normalized spacial score (nSPS) is 15.1. The third kappa shape index (κ3) is 3.06. The van der Waals surface area contributed by atoms with Crippen molar-refractivity contribution in [2.75, 3.05) is 6.54 Å². The van der Waals surface area contributed by atoms with Gasteiger partial charge >= 0.3 is 0 Å². The molecular weight excluding hydrogens is 248 g/mol. The summed E-state index contributed by atoms with van der Waals surface area (Å²) >= 11 is 0. The maximum atomic E-state index is 10.3. The monoisotopic (exact) mass is 268 g/mol. The fraction of sp³-hybridized carbons (Fsp3) is 0.353. The number of nitrogens with one attached hydrogen (secondary N) is 1. The van der Waals surface area contributed by atoms with Crippen LogP contribution in [0.2, 0.25) is 0 Å². The highest BCUT2D eigenvalue weighted by Crippen LogP contribution is 2.25. The fourth-order valence-corrected chi connectivity index (χ4v) is 2.77. The molecule has 0 saturated carbocycles. The first kappa shape index (κ1) is 13.3. The number of nitrogens with zero attached hydrogens (tertiary/aromatic N) is 1. The van der Waals surface area contributed by atoms with Crippen LogP contribution in [0, 0.1) is 0 Å². The number of fused-ring (bicyclic) bond motifs is 1. The van der Waals surface area contributed by atoms with Gasteiger partial charge in [0.25, 0.3) is 0 Å². The summed E-state index contributed by atoms with van der Waals surface area (Å²) in [5.41, 5.74) is 5.01. The van der Waals surface area contributed by atoms with Gasteiger partial charge in [-0.05, 0) is 47.6 Å². The van der Waals surface area contributed by atoms with Gasteiger partial charge in [-0.2, -0.15) is 0 Å². The van der Waals surface area contributed by atoms with Gasteiger partial charge in [0.2, 0.25) is 0 Å². The number of aryl methyl sites for hydroxylation is 2. The first-order valence-electron chi connectivity index (χ1n) is 7.22. The molecule has 0 amide bonds. The summed E-state index contributed by atoms with van der Waals surface area (Å²) in [7, 11) is 0. The Morgan fingerprint density at radius 1 is 1.20 bits per heavy atom. The van der Waals surface area contributed by atoms with Crippen LogP contribution >= 0.6 is 0 Å². The van der Waals surface area contributed by atoms with E-state index in [1.54, 1.807) is 6.20 Å². The zero-order valence-electron chi connectivity index (χ0n) is 11.5. The molecule has 0 fully saturated rings. The maximum absolute atomic E-state index is 10.3. The van der Waals surface area contributed by atoms with E-state index in [2.05, 4.69) is 28.5 Å². The number of aliphatic hydroxyl groups excluding tert-OH is 1. The number of rotatable bonds is 5. The van der Waals surface area contributed by atoms with Crippen molar-refractivity contribution in [2.24, 2.45) is 0 Å². The van der Waals surface area contributed by atoms with Gasteiger partial charge in [0.05, 0.1) is 6.10 Å². The molecule has 104 valence electrons. The van der Waals surface area contributed by atoms with Crippen LogP contribution in [0.4, 0.5) is 0 Å². The predicted octanol–water partition coefficient (Wildman–Crippen LogP) is 2.39. The van der Waals surface area contributed by atoms with Crippen LogP contribution in [-0.2, 0) is 19.4 Å². The summed E-state index contributed by atoms with van der Waals surface area (Å²) < 4.78 is 0. The quantitative estimate of drug-likeness (QED) is 0.875. The Labute approximate surface area is 119 Å². The lowest BCUT2D eigenvalue weighted by atomic mass is 10.0. The van der Waals surface area contributed by atoms with Crippen molar-refractivity contribution < 1.29 is 5.11 Å². The van der Waals surface area contributed by atoms with E-state index in [9.17, 15) is 5.11 Å². The molecule has 3 nitrogen and oxygen atoms in total. The minimum absolute atomic E-state index is 0.447. The van der Waals surface area contributed by atoms with Gasteiger partial charge in [0.15, 0.2) is 0 Å². The molecule has 1 unspecified atom stereocenters. The summed E-state index contributed by atoms with van der Waals surface area (Å²) in [6.45, 7) is 1.30. The molecule has 1 heterocycles. The van der Waals surface area contributed by atoms with Gasteiger partial charge in [-0.1, -0.05) is 24.3 Å². The minimum atomic E-state index is -0.447. The Balaban J connectivity index is 1.55. The molecule has 1 aliphatic rings. The van der Waals surface area contributed by atoms with E-state index < -0.39 is 6.10 Å². The topological polar surface area (TPSA) is 45.1 Å². The molecule has 2 aromatic rings. The molecule has 0 aliphatic heterocycles. The third-order valence-electron chi connectivity index (χ3n) is 3.90. The Morgan fingerprint density at radius 2 is 2.10 bits per heavy atom.